The lowest BCUT2D eigenvalue weighted by molar-refractivity contribution is -0.119. The van der Waals surface area contributed by atoms with E-state index in [4.69, 9.17) is 5.73 Å². The maximum Gasteiger partial charge on any atom is 0.132 e. The van der Waals surface area contributed by atoms with Crippen LogP contribution in [0.2, 0.25) is 0 Å². The molecule has 0 aromatic heterocycles. The number of hydrogen-bond donors (Lipinski definition) is 1. The number of unbranched alkanes of at least 4 members (excludes halogenated alkanes) is 2. The summed E-state index contributed by atoms with van der Waals surface area (Å²) in [4.78, 5) is 11.6. The molecule has 0 aliphatic carbocycles. The van der Waals surface area contributed by atoms with E-state index in [0.29, 0.717) is 12.2 Å². The van der Waals surface area contributed by atoms with Crippen LogP contribution in [0.1, 0.15) is 57.1 Å². The minimum atomic E-state index is -0.00803. The van der Waals surface area contributed by atoms with Crippen LogP contribution in [0.25, 0.3) is 0 Å². The molecule has 1 aromatic carbocycles. The fourth-order valence-electron chi connectivity index (χ4n) is 1.88. The van der Waals surface area contributed by atoms with Crippen LogP contribution in [0.4, 0.5) is 0 Å². The normalized spacial score (nSPS) is 12.4. The molecule has 0 amide bonds. The Labute approximate surface area is 104 Å². The Kier molecular flexibility index (Phi) is 6.56. The highest BCUT2D eigenvalue weighted by Crippen LogP contribution is 2.16. The van der Waals surface area contributed by atoms with E-state index in [0.717, 1.165) is 37.7 Å². The molecule has 0 aliphatic heterocycles. The van der Waals surface area contributed by atoms with Crippen molar-refractivity contribution >= 4 is 5.78 Å². The van der Waals surface area contributed by atoms with Gasteiger partial charge in [-0.05, 0) is 18.4 Å². The first-order valence-electron chi connectivity index (χ1n) is 6.56. The Balaban J connectivity index is 2.24. The quantitative estimate of drug-likeness (QED) is 0.697. The first-order valence-corrected chi connectivity index (χ1v) is 6.56. The molecule has 0 fully saturated rings. The van der Waals surface area contributed by atoms with Gasteiger partial charge in [-0.15, -0.1) is 0 Å². The first kappa shape index (κ1) is 13.9. The second-order valence-electron chi connectivity index (χ2n) is 4.55. The largest absolute Gasteiger partial charge is 0.324 e. The summed E-state index contributed by atoms with van der Waals surface area (Å²) in [5.41, 5.74) is 7.17. The molecule has 0 spiro atoms. The zero-order valence-electron chi connectivity index (χ0n) is 10.7. The standard InChI is InChI=1S/C15H23NO/c1-2-3-5-10-14(17)11-12-15(16)13-8-6-4-7-9-13/h4,6-9,15H,2-3,5,10-12,16H2,1H3. The molecule has 2 heteroatoms. The van der Waals surface area contributed by atoms with Crippen LogP contribution in [0, 0.1) is 0 Å². The van der Waals surface area contributed by atoms with Crippen LogP contribution in [0.15, 0.2) is 30.3 Å². The molecule has 0 aliphatic rings. The number of carbonyl (C=O) groups is 1. The Hall–Kier alpha value is -1.15. The molecule has 1 rings (SSSR count). The van der Waals surface area contributed by atoms with Crippen molar-refractivity contribution in [2.45, 2.75) is 51.5 Å². The molecule has 17 heavy (non-hydrogen) atoms. The van der Waals surface area contributed by atoms with Gasteiger partial charge in [0, 0.05) is 18.9 Å². The number of Topliss-reactive ketones (excluding diaryl/α,β-unsaturated/α-hetero) is 1. The molecule has 1 atom stereocenters. The summed E-state index contributed by atoms with van der Waals surface area (Å²) in [6.07, 6.45) is 5.42. The second-order valence-corrected chi connectivity index (χ2v) is 4.55. The van der Waals surface area contributed by atoms with Gasteiger partial charge >= 0.3 is 0 Å². The number of carbonyl (C=O) groups excluding carboxylic acids is 1. The van der Waals surface area contributed by atoms with Gasteiger partial charge in [0.2, 0.25) is 0 Å². The highest BCUT2D eigenvalue weighted by molar-refractivity contribution is 5.78. The molecular weight excluding hydrogens is 210 g/mol. The minimum absolute atomic E-state index is 0.00803. The summed E-state index contributed by atoms with van der Waals surface area (Å²) in [6.45, 7) is 2.15. The van der Waals surface area contributed by atoms with Crippen LogP contribution >= 0.6 is 0 Å². The molecule has 0 bridgehead atoms. The molecule has 1 aromatic rings. The Bertz CT molecular complexity index is 321. The van der Waals surface area contributed by atoms with E-state index in [2.05, 4.69) is 6.92 Å². The topological polar surface area (TPSA) is 43.1 Å². The predicted molar refractivity (Wildman–Crippen MR) is 71.8 cm³/mol. The maximum atomic E-state index is 11.6. The summed E-state index contributed by atoms with van der Waals surface area (Å²) < 4.78 is 0. The third-order valence-electron chi connectivity index (χ3n) is 3.02. The highest BCUT2D eigenvalue weighted by atomic mass is 16.1. The molecule has 94 valence electrons. The highest BCUT2D eigenvalue weighted by Gasteiger charge is 2.08. The van der Waals surface area contributed by atoms with Crippen LogP contribution in [-0.2, 0) is 4.79 Å². The number of hydrogen-bond acceptors (Lipinski definition) is 2. The average Bonchev–Trinajstić information content (AvgIpc) is 2.37. The third kappa shape index (κ3) is 5.64. The van der Waals surface area contributed by atoms with Crippen molar-refractivity contribution in [3.05, 3.63) is 35.9 Å². The smallest absolute Gasteiger partial charge is 0.132 e. The van der Waals surface area contributed by atoms with Gasteiger partial charge in [0.25, 0.3) is 0 Å². The number of nitrogens with two attached hydrogens (primary N) is 1. The molecule has 1 unspecified atom stereocenters. The summed E-state index contributed by atoms with van der Waals surface area (Å²) in [5, 5.41) is 0. The molecule has 0 radical (unpaired) electrons. The van der Waals surface area contributed by atoms with E-state index in [1.165, 1.54) is 0 Å². The monoisotopic (exact) mass is 233 g/mol. The van der Waals surface area contributed by atoms with E-state index in [9.17, 15) is 4.79 Å². The van der Waals surface area contributed by atoms with Crippen molar-refractivity contribution in [3.63, 3.8) is 0 Å². The van der Waals surface area contributed by atoms with Gasteiger partial charge in [-0.2, -0.15) is 0 Å². The summed E-state index contributed by atoms with van der Waals surface area (Å²) in [5.74, 6) is 0.352. The van der Waals surface area contributed by atoms with Gasteiger partial charge in [0.05, 0.1) is 0 Å². The van der Waals surface area contributed by atoms with E-state index in [-0.39, 0.29) is 6.04 Å². The molecule has 2 N–H and O–H groups in total. The predicted octanol–water partition coefficient (Wildman–Crippen LogP) is 3.62. The van der Waals surface area contributed by atoms with Crippen LogP contribution in [-0.4, -0.2) is 5.78 Å². The average molecular weight is 233 g/mol. The van der Waals surface area contributed by atoms with Crippen molar-refractivity contribution in [1.82, 2.24) is 0 Å². The third-order valence-corrected chi connectivity index (χ3v) is 3.02. The number of benzene rings is 1. The van der Waals surface area contributed by atoms with E-state index in [1.54, 1.807) is 0 Å². The maximum absolute atomic E-state index is 11.6. The summed E-state index contributed by atoms with van der Waals surface area (Å²) in [6, 6.07) is 9.98. The zero-order chi connectivity index (χ0) is 12.5. The Morgan fingerprint density at radius 1 is 1.18 bits per heavy atom. The number of rotatable bonds is 8. The molecule has 0 heterocycles. The van der Waals surface area contributed by atoms with Gasteiger partial charge in [0.15, 0.2) is 0 Å². The molecule has 2 nitrogen and oxygen atoms in total. The number of ketones is 1. The van der Waals surface area contributed by atoms with Crippen LogP contribution < -0.4 is 5.73 Å². The molecule has 0 saturated carbocycles. The summed E-state index contributed by atoms with van der Waals surface area (Å²) >= 11 is 0. The van der Waals surface area contributed by atoms with Crippen molar-refractivity contribution in [2.75, 3.05) is 0 Å². The Morgan fingerprint density at radius 3 is 2.53 bits per heavy atom. The fourth-order valence-corrected chi connectivity index (χ4v) is 1.88. The summed E-state index contributed by atoms with van der Waals surface area (Å²) in [7, 11) is 0. The van der Waals surface area contributed by atoms with Crippen molar-refractivity contribution in [3.8, 4) is 0 Å². The molecule has 0 saturated heterocycles. The van der Waals surface area contributed by atoms with Gasteiger partial charge < -0.3 is 5.73 Å². The van der Waals surface area contributed by atoms with Gasteiger partial charge in [-0.1, -0.05) is 50.1 Å². The van der Waals surface area contributed by atoms with E-state index in [1.807, 2.05) is 30.3 Å². The van der Waals surface area contributed by atoms with Gasteiger partial charge in [-0.3, -0.25) is 4.79 Å². The second kappa shape index (κ2) is 8.02. The van der Waals surface area contributed by atoms with Crippen molar-refractivity contribution in [2.24, 2.45) is 5.73 Å². The van der Waals surface area contributed by atoms with E-state index < -0.39 is 0 Å². The lowest BCUT2D eigenvalue weighted by atomic mass is 10.00. The van der Waals surface area contributed by atoms with Gasteiger partial charge in [-0.25, -0.2) is 0 Å². The van der Waals surface area contributed by atoms with Crippen LogP contribution in [0.5, 0.6) is 0 Å². The lowest BCUT2D eigenvalue weighted by Crippen LogP contribution is -2.12. The fraction of sp³-hybridized carbons (Fsp3) is 0.533. The SMILES string of the molecule is CCCCCC(=O)CCC(N)c1ccccc1. The van der Waals surface area contributed by atoms with Crippen LogP contribution in [0.3, 0.4) is 0 Å². The van der Waals surface area contributed by atoms with Crippen molar-refractivity contribution in [1.29, 1.82) is 0 Å². The van der Waals surface area contributed by atoms with E-state index >= 15 is 0 Å². The molecular formula is C15H23NO. The minimum Gasteiger partial charge on any atom is -0.324 e. The zero-order valence-corrected chi connectivity index (χ0v) is 10.7. The lowest BCUT2D eigenvalue weighted by Gasteiger charge is -2.11. The Morgan fingerprint density at radius 2 is 1.88 bits per heavy atom. The first-order chi connectivity index (χ1) is 8.24. The van der Waals surface area contributed by atoms with Crippen molar-refractivity contribution < 1.29 is 4.79 Å². The van der Waals surface area contributed by atoms with Gasteiger partial charge in [0.1, 0.15) is 5.78 Å².